The molecule has 1 amide bonds. The smallest absolute Gasteiger partial charge is 0.311 e. The Bertz CT molecular complexity index is 1230. The van der Waals surface area contributed by atoms with Gasteiger partial charge in [0.15, 0.2) is 0 Å². The lowest BCUT2D eigenvalue weighted by Gasteiger charge is -2.06. The third-order valence-electron chi connectivity index (χ3n) is 4.52. The van der Waals surface area contributed by atoms with Crippen LogP contribution in [0.3, 0.4) is 0 Å². The topological polar surface area (TPSA) is 140 Å². The lowest BCUT2D eigenvalue weighted by atomic mass is 10.1. The number of nitrogens with zero attached hydrogens (tertiary/aromatic N) is 3. The van der Waals surface area contributed by atoms with Crippen molar-refractivity contribution in [2.75, 3.05) is 7.11 Å². The summed E-state index contributed by atoms with van der Waals surface area (Å²) in [6, 6.07) is 8.01. The number of rotatable bonds is 6. The zero-order valence-corrected chi connectivity index (χ0v) is 16.6. The van der Waals surface area contributed by atoms with Crippen LogP contribution in [0.25, 0.3) is 11.0 Å². The number of nitrogens with one attached hydrogen (secondary N) is 2. The van der Waals surface area contributed by atoms with E-state index in [-0.39, 0.29) is 23.6 Å². The van der Waals surface area contributed by atoms with Gasteiger partial charge in [-0.05, 0) is 43.2 Å². The van der Waals surface area contributed by atoms with Crippen molar-refractivity contribution in [3.8, 4) is 5.75 Å². The van der Waals surface area contributed by atoms with Crippen LogP contribution in [0.1, 0.15) is 22.4 Å². The number of hydrogen-bond acceptors (Lipinski definition) is 7. The number of aromatic amines is 1. The van der Waals surface area contributed by atoms with Crippen LogP contribution in [0.15, 0.2) is 40.2 Å². The molecule has 0 bridgehead atoms. The number of amides is 1. The van der Waals surface area contributed by atoms with Crippen LogP contribution in [0, 0.1) is 24.0 Å². The van der Waals surface area contributed by atoms with Gasteiger partial charge >= 0.3 is 5.69 Å². The summed E-state index contributed by atoms with van der Waals surface area (Å²) < 4.78 is 5.06. The number of hydrogen-bond donors (Lipinski definition) is 2. The van der Waals surface area contributed by atoms with E-state index in [9.17, 15) is 19.7 Å². The van der Waals surface area contributed by atoms with Gasteiger partial charge in [-0.3, -0.25) is 19.7 Å². The summed E-state index contributed by atoms with van der Waals surface area (Å²) in [7, 11) is 1.30. The van der Waals surface area contributed by atoms with Crippen LogP contribution in [0.5, 0.6) is 5.75 Å². The molecule has 0 saturated heterocycles. The van der Waals surface area contributed by atoms with Gasteiger partial charge in [0, 0.05) is 11.6 Å². The fraction of sp³-hybridized carbons (Fsp3) is 0.200. The third-order valence-corrected chi connectivity index (χ3v) is 4.52. The number of carbonyl (C=O) groups excluding carboxylic acids is 1. The number of nitro groups is 1. The highest BCUT2D eigenvalue weighted by Crippen LogP contribution is 2.29. The van der Waals surface area contributed by atoms with E-state index in [1.54, 1.807) is 6.07 Å². The van der Waals surface area contributed by atoms with Gasteiger partial charge in [-0.2, -0.15) is 5.10 Å². The lowest BCUT2D eigenvalue weighted by Crippen LogP contribution is -2.25. The SMILES string of the molecule is COc1c(/C=N\NC(=O)Cc2nc3cc(C)c(C)cc3[nH]c2=O)cccc1[N+](=O)[O-]. The summed E-state index contributed by atoms with van der Waals surface area (Å²) in [6.07, 6.45) is 0.954. The first-order valence-electron chi connectivity index (χ1n) is 8.93. The van der Waals surface area contributed by atoms with Gasteiger partial charge in [0.05, 0.1) is 35.7 Å². The van der Waals surface area contributed by atoms with Gasteiger partial charge in [0.1, 0.15) is 5.69 Å². The molecule has 30 heavy (non-hydrogen) atoms. The number of nitro benzene ring substituents is 1. The normalized spacial score (nSPS) is 11.0. The van der Waals surface area contributed by atoms with Crippen molar-refractivity contribution < 1.29 is 14.5 Å². The molecule has 2 aromatic carbocycles. The van der Waals surface area contributed by atoms with E-state index in [1.807, 2.05) is 26.0 Å². The second kappa shape index (κ2) is 8.52. The summed E-state index contributed by atoms with van der Waals surface area (Å²) in [6.45, 7) is 3.87. The average Bonchev–Trinajstić information content (AvgIpc) is 2.70. The van der Waals surface area contributed by atoms with E-state index in [0.29, 0.717) is 16.6 Å². The fourth-order valence-corrected chi connectivity index (χ4v) is 2.88. The van der Waals surface area contributed by atoms with Gasteiger partial charge in [-0.25, -0.2) is 10.4 Å². The number of H-pyrrole nitrogens is 1. The maximum Gasteiger partial charge on any atom is 0.311 e. The highest BCUT2D eigenvalue weighted by molar-refractivity contribution is 5.87. The van der Waals surface area contributed by atoms with Crippen LogP contribution in [0.4, 0.5) is 5.69 Å². The number of fused-ring (bicyclic) bond motifs is 1. The second-order valence-electron chi connectivity index (χ2n) is 6.59. The number of benzene rings is 2. The summed E-state index contributed by atoms with van der Waals surface area (Å²) in [5.41, 5.74) is 5.23. The van der Waals surface area contributed by atoms with Crippen molar-refractivity contribution in [3.05, 3.63) is 73.2 Å². The minimum Gasteiger partial charge on any atom is -0.490 e. The van der Waals surface area contributed by atoms with E-state index < -0.39 is 16.4 Å². The Hall–Kier alpha value is -4.08. The van der Waals surface area contributed by atoms with Crippen LogP contribution in [-0.4, -0.2) is 34.1 Å². The molecular formula is C20H19N5O5. The van der Waals surface area contributed by atoms with Crippen LogP contribution >= 0.6 is 0 Å². The Morgan fingerprint density at radius 3 is 2.77 bits per heavy atom. The molecule has 0 spiro atoms. The van der Waals surface area contributed by atoms with Gasteiger partial charge in [0.25, 0.3) is 5.56 Å². The molecule has 154 valence electrons. The predicted octanol–water partition coefficient (Wildman–Crippen LogP) is 2.15. The van der Waals surface area contributed by atoms with Gasteiger partial charge < -0.3 is 9.72 Å². The molecule has 0 aliphatic rings. The summed E-state index contributed by atoms with van der Waals surface area (Å²) in [5, 5.41) is 14.9. The quantitative estimate of drug-likeness (QED) is 0.363. The lowest BCUT2D eigenvalue weighted by molar-refractivity contribution is -0.385. The van der Waals surface area contributed by atoms with E-state index in [2.05, 4.69) is 20.5 Å². The Balaban J connectivity index is 1.76. The molecule has 0 aliphatic heterocycles. The molecule has 1 heterocycles. The van der Waals surface area contributed by atoms with Crippen molar-refractivity contribution >= 4 is 28.8 Å². The number of para-hydroxylation sites is 1. The largest absolute Gasteiger partial charge is 0.490 e. The summed E-state index contributed by atoms with van der Waals surface area (Å²) in [5.74, 6) is -0.532. The third kappa shape index (κ3) is 4.32. The standard InChI is InChI=1S/C20H19N5O5/c1-11-7-14-15(8-12(11)2)23-20(27)16(22-14)9-18(26)24-21-10-13-5-4-6-17(25(28)29)19(13)30-3/h4-8,10H,9H2,1-3H3,(H,23,27)(H,24,26)/b21-10-. The minimum atomic E-state index is -0.574. The molecule has 3 rings (SSSR count). The molecule has 3 aromatic rings. The predicted molar refractivity (Wildman–Crippen MR) is 111 cm³/mol. The zero-order chi connectivity index (χ0) is 21.8. The molecule has 0 unspecified atom stereocenters. The van der Waals surface area contributed by atoms with Crippen molar-refractivity contribution in [1.29, 1.82) is 0 Å². The van der Waals surface area contributed by atoms with Crippen LogP contribution in [0.2, 0.25) is 0 Å². The number of methoxy groups -OCH3 is 1. The highest BCUT2D eigenvalue weighted by Gasteiger charge is 2.17. The molecule has 1 aromatic heterocycles. The first-order valence-corrected chi connectivity index (χ1v) is 8.93. The number of aromatic nitrogens is 2. The summed E-state index contributed by atoms with van der Waals surface area (Å²) in [4.78, 5) is 41.9. The van der Waals surface area contributed by atoms with Crippen molar-refractivity contribution in [1.82, 2.24) is 15.4 Å². The number of aryl methyl sites for hydroxylation is 2. The molecular weight excluding hydrogens is 390 g/mol. The Morgan fingerprint density at radius 2 is 2.07 bits per heavy atom. The van der Waals surface area contributed by atoms with Crippen LogP contribution in [-0.2, 0) is 11.2 Å². The summed E-state index contributed by atoms with van der Waals surface area (Å²) >= 11 is 0. The van der Waals surface area contributed by atoms with E-state index in [4.69, 9.17) is 4.74 Å². The minimum absolute atomic E-state index is 0.0267. The number of hydrazone groups is 1. The monoisotopic (exact) mass is 409 g/mol. The van der Waals surface area contributed by atoms with Crippen molar-refractivity contribution in [2.45, 2.75) is 20.3 Å². The fourth-order valence-electron chi connectivity index (χ4n) is 2.88. The van der Waals surface area contributed by atoms with Crippen molar-refractivity contribution in [2.24, 2.45) is 5.10 Å². The van der Waals surface area contributed by atoms with Gasteiger partial charge in [-0.15, -0.1) is 0 Å². The van der Waals surface area contributed by atoms with Gasteiger partial charge in [-0.1, -0.05) is 6.07 Å². The number of carbonyl (C=O) groups is 1. The van der Waals surface area contributed by atoms with Gasteiger partial charge in [0.2, 0.25) is 11.7 Å². The molecule has 0 radical (unpaired) electrons. The Labute approximate surface area is 170 Å². The Morgan fingerprint density at radius 1 is 1.33 bits per heavy atom. The molecule has 0 aliphatic carbocycles. The zero-order valence-electron chi connectivity index (χ0n) is 16.6. The molecule has 0 atom stereocenters. The highest BCUT2D eigenvalue weighted by atomic mass is 16.6. The first-order chi connectivity index (χ1) is 14.3. The Kier molecular flexibility index (Phi) is 5.86. The number of ether oxygens (including phenoxy) is 1. The molecule has 0 fully saturated rings. The second-order valence-corrected chi connectivity index (χ2v) is 6.59. The van der Waals surface area contributed by atoms with E-state index >= 15 is 0 Å². The van der Waals surface area contributed by atoms with E-state index in [0.717, 1.165) is 11.1 Å². The van der Waals surface area contributed by atoms with E-state index in [1.165, 1.54) is 25.5 Å². The molecule has 10 heteroatoms. The molecule has 10 nitrogen and oxygen atoms in total. The first kappa shape index (κ1) is 20.6. The molecule has 0 saturated carbocycles. The maximum absolute atomic E-state index is 12.2. The molecule has 2 N–H and O–H groups in total. The van der Waals surface area contributed by atoms with Crippen LogP contribution < -0.4 is 15.7 Å². The van der Waals surface area contributed by atoms with Crippen molar-refractivity contribution in [3.63, 3.8) is 0 Å². The maximum atomic E-state index is 12.2. The average molecular weight is 409 g/mol.